The molecule has 0 aliphatic carbocycles. The predicted octanol–water partition coefficient (Wildman–Crippen LogP) is 3.25. The Morgan fingerprint density at radius 2 is 2.00 bits per heavy atom. The zero-order chi connectivity index (χ0) is 18.5. The van der Waals surface area contributed by atoms with E-state index in [1.54, 1.807) is 19.9 Å². The van der Waals surface area contributed by atoms with Crippen molar-refractivity contribution in [3.8, 4) is 0 Å². The van der Waals surface area contributed by atoms with Gasteiger partial charge in [0, 0.05) is 12.6 Å². The Hall–Kier alpha value is -2.56. The number of furan rings is 1. The van der Waals surface area contributed by atoms with Gasteiger partial charge >= 0.3 is 0 Å². The first kappa shape index (κ1) is 18.2. The number of carbonyl (C=O) groups is 2. The summed E-state index contributed by atoms with van der Waals surface area (Å²) in [5, 5.41) is 2.73. The van der Waals surface area contributed by atoms with Crippen LogP contribution in [0.15, 0.2) is 40.8 Å². The topological polar surface area (TPSA) is 62.6 Å². The van der Waals surface area contributed by atoms with Crippen molar-refractivity contribution in [2.45, 2.75) is 45.6 Å². The van der Waals surface area contributed by atoms with Crippen LogP contribution in [0.4, 0.5) is 0 Å². The van der Waals surface area contributed by atoms with Crippen LogP contribution in [0.2, 0.25) is 0 Å². The monoisotopic (exact) mass is 354 g/mol. The molecule has 138 valence electrons. The van der Waals surface area contributed by atoms with Crippen LogP contribution >= 0.6 is 0 Å². The molecule has 2 aromatic rings. The third-order valence-electron chi connectivity index (χ3n) is 4.99. The summed E-state index contributed by atoms with van der Waals surface area (Å²) in [4.78, 5) is 26.8. The van der Waals surface area contributed by atoms with Gasteiger partial charge in [0.1, 0.15) is 11.5 Å². The molecule has 2 heterocycles. The highest BCUT2D eigenvalue weighted by atomic mass is 16.3. The third-order valence-corrected chi connectivity index (χ3v) is 4.99. The first-order valence-corrected chi connectivity index (χ1v) is 9.23. The fourth-order valence-electron chi connectivity index (χ4n) is 3.65. The van der Waals surface area contributed by atoms with Gasteiger partial charge in [-0.3, -0.25) is 9.59 Å². The molecule has 5 heteroatoms. The molecule has 0 saturated carbocycles. The summed E-state index contributed by atoms with van der Waals surface area (Å²) in [7, 11) is 0. The van der Waals surface area contributed by atoms with Crippen molar-refractivity contribution in [2.75, 3.05) is 13.1 Å². The number of rotatable bonds is 6. The maximum absolute atomic E-state index is 12.6. The first-order valence-electron chi connectivity index (χ1n) is 9.23. The van der Waals surface area contributed by atoms with Gasteiger partial charge in [0.2, 0.25) is 5.91 Å². The molecule has 0 radical (unpaired) electrons. The molecule has 2 amide bonds. The summed E-state index contributed by atoms with van der Waals surface area (Å²) in [5.41, 5.74) is 1.79. The Balaban J connectivity index is 1.51. The molecule has 1 aromatic carbocycles. The van der Waals surface area contributed by atoms with Crippen LogP contribution in [0.3, 0.4) is 0 Å². The normalized spacial score (nSPS) is 16.7. The highest BCUT2D eigenvalue weighted by Gasteiger charge is 2.28. The highest BCUT2D eigenvalue weighted by molar-refractivity contribution is 5.97. The lowest BCUT2D eigenvalue weighted by Gasteiger charge is -2.25. The standard InChI is InChI=1S/C21H26N2O3/c1-15-13-19(16(2)26-15)21(25)22-14-20(24)23-12-6-9-18(23)11-10-17-7-4-3-5-8-17/h3-5,7-8,13,18H,6,9-12,14H2,1-2H3,(H,22,25). The van der Waals surface area contributed by atoms with Gasteiger partial charge in [0.25, 0.3) is 5.91 Å². The van der Waals surface area contributed by atoms with Crippen molar-refractivity contribution in [3.05, 3.63) is 59.0 Å². The van der Waals surface area contributed by atoms with Crippen molar-refractivity contribution < 1.29 is 14.0 Å². The molecule has 0 bridgehead atoms. The fourth-order valence-corrected chi connectivity index (χ4v) is 3.65. The molecule has 1 fully saturated rings. The molecule has 1 N–H and O–H groups in total. The number of likely N-dealkylation sites (tertiary alicyclic amines) is 1. The number of nitrogens with zero attached hydrogens (tertiary/aromatic N) is 1. The molecule has 26 heavy (non-hydrogen) atoms. The Labute approximate surface area is 154 Å². The average molecular weight is 354 g/mol. The maximum Gasteiger partial charge on any atom is 0.255 e. The molecule has 1 aliphatic heterocycles. The van der Waals surface area contributed by atoms with E-state index in [0.717, 1.165) is 32.2 Å². The Morgan fingerprint density at radius 1 is 1.23 bits per heavy atom. The van der Waals surface area contributed by atoms with E-state index in [4.69, 9.17) is 4.42 Å². The van der Waals surface area contributed by atoms with Crippen LogP contribution in [-0.4, -0.2) is 35.8 Å². The van der Waals surface area contributed by atoms with Gasteiger partial charge in [-0.15, -0.1) is 0 Å². The smallest absolute Gasteiger partial charge is 0.255 e. The molecule has 3 rings (SSSR count). The van der Waals surface area contributed by atoms with Crippen LogP contribution < -0.4 is 5.32 Å². The molecular formula is C21H26N2O3. The first-order chi connectivity index (χ1) is 12.5. The van der Waals surface area contributed by atoms with Crippen molar-refractivity contribution in [1.82, 2.24) is 10.2 Å². The van der Waals surface area contributed by atoms with Gasteiger partial charge in [-0.25, -0.2) is 0 Å². The molecular weight excluding hydrogens is 328 g/mol. The Bertz CT molecular complexity index is 767. The summed E-state index contributed by atoms with van der Waals surface area (Å²) < 4.78 is 5.38. The second-order valence-corrected chi connectivity index (χ2v) is 6.92. The minimum atomic E-state index is -0.257. The quantitative estimate of drug-likeness (QED) is 0.866. The lowest BCUT2D eigenvalue weighted by atomic mass is 10.0. The number of carbonyl (C=O) groups excluding carboxylic acids is 2. The predicted molar refractivity (Wildman–Crippen MR) is 100 cm³/mol. The van der Waals surface area contributed by atoms with Crippen molar-refractivity contribution >= 4 is 11.8 Å². The highest BCUT2D eigenvalue weighted by Crippen LogP contribution is 2.22. The number of hydrogen-bond donors (Lipinski definition) is 1. The van der Waals surface area contributed by atoms with E-state index in [2.05, 4.69) is 17.4 Å². The van der Waals surface area contributed by atoms with E-state index >= 15 is 0 Å². The van der Waals surface area contributed by atoms with Crippen molar-refractivity contribution in [3.63, 3.8) is 0 Å². The number of benzene rings is 1. The fraction of sp³-hybridized carbons (Fsp3) is 0.429. The van der Waals surface area contributed by atoms with Gasteiger partial charge in [-0.05, 0) is 51.2 Å². The molecule has 1 saturated heterocycles. The van der Waals surface area contributed by atoms with Gasteiger partial charge in [-0.2, -0.15) is 0 Å². The van der Waals surface area contributed by atoms with E-state index in [1.165, 1.54) is 5.56 Å². The summed E-state index contributed by atoms with van der Waals surface area (Å²) in [6, 6.07) is 12.3. The van der Waals surface area contributed by atoms with Crippen LogP contribution in [-0.2, 0) is 11.2 Å². The molecule has 1 atom stereocenters. The zero-order valence-electron chi connectivity index (χ0n) is 15.5. The van der Waals surface area contributed by atoms with E-state index < -0.39 is 0 Å². The number of amides is 2. The maximum atomic E-state index is 12.6. The summed E-state index contributed by atoms with van der Waals surface area (Å²) in [6.07, 6.45) is 3.99. The number of nitrogens with one attached hydrogen (secondary N) is 1. The second kappa shape index (κ2) is 8.21. The van der Waals surface area contributed by atoms with Crippen molar-refractivity contribution in [2.24, 2.45) is 0 Å². The Morgan fingerprint density at radius 3 is 2.69 bits per heavy atom. The SMILES string of the molecule is Cc1cc(C(=O)NCC(=O)N2CCCC2CCc2ccccc2)c(C)o1. The van der Waals surface area contributed by atoms with E-state index in [0.29, 0.717) is 17.1 Å². The number of hydrogen-bond acceptors (Lipinski definition) is 3. The molecule has 0 spiro atoms. The minimum Gasteiger partial charge on any atom is -0.466 e. The van der Waals surface area contributed by atoms with Gasteiger partial charge < -0.3 is 14.6 Å². The zero-order valence-corrected chi connectivity index (χ0v) is 15.5. The third kappa shape index (κ3) is 4.34. The van der Waals surface area contributed by atoms with Crippen molar-refractivity contribution in [1.29, 1.82) is 0 Å². The lowest BCUT2D eigenvalue weighted by Crippen LogP contribution is -2.42. The average Bonchev–Trinajstić information content (AvgIpc) is 3.24. The van der Waals surface area contributed by atoms with E-state index in [9.17, 15) is 9.59 Å². The van der Waals surface area contributed by atoms with Crippen LogP contribution in [0.25, 0.3) is 0 Å². The second-order valence-electron chi connectivity index (χ2n) is 6.92. The van der Waals surface area contributed by atoms with Crippen LogP contribution in [0.1, 0.15) is 46.7 Å². The molecule has 1 aromatic heterocycles. The number of aryl methyl sites for hydroxylation is 3. The molecule has 5 nitrogen and oxygen atoms in total. The summed E-state index contributed by atoms with van der Waals surface area (Å²) in [5.74, 6) is 1.01. The van der Waals surface area contributed by atoms with Gasteiger partial charge in [-0.1, -0.05) is 30.3 Å². The van der Waals surface area contributed by atoms with Gasteiger partial charge in [0.15, 0.2) is 0 Å². The Kier molecular flexibility index (Phi) is 5.76. The lowest BCUT2D eigenvalue weighted by molar-refractivity contribution is -0.131. The largest absolute Gasteiger partial charge is 0.466 e. The van der Waals surface area contributed by atoms with Gasteiger partial charge in [0.05, 0.1) is 12.1 Å². The van der Waals surface area contributed by atoms with Crippen LogP contribution in [0, 0.1) is 13.8 Å². The molecule has 1 unspecified atom stereocenters. The summed E-state index contributed by atoms with van der Waals surface area (Å²) >= 11 is 0. The van der Waals surface area contributed by atoms with E-state index in [-0.39, 0.29) is 24.4 Å². The van der Waals surface area contributed by atoms with Crippen LogP contribution in [0.5, 0.6) is 0 Å². The molecule has 1 aliphatic rings. The minimum absolute atomic E-state index is 0.00761. The van der Waals surface area contributed by atoms with E-state index in [1.807, 2.05) is 23.1 Å². The summed E-state index contributed by atoms with van der Waals surface area (Å²) in [6.45, 7) is 4.36.